The lowest BCUT2D eigenvalue weighted by Crippen LogP contribution is -2.19. The fourth-order valence-electron chi connectivity index (χ4n) is 2.35. The van der Waals surface area contributed by atoms with Crippen molar-refractivity contribution in [2.24, 2.45) is 0 Å². The Hall–Kier alpha value is -1.39. The van der Waals surface area contributed by atoms with Crippen LogP contribution in [-0.4, -0.2) is 5.11 Å². The second-order valence-electron chi connectivity index (χ2n) is 4.56. The van der Waals surface area contributed by atoms with Crippen LogP contribution < -0.4 is 4.74 Å². The van der Waals surface area contributed by atoms with Crippen LogP contribution in [0.5, 0.6) is 5.75 Å². The molecule has 4 heteroatoms. The van der Waals surface area contributed by atoms with Crippen molar-refractivity contribution in [1.82, 2.24) is 0 Å². The molecule has 0 amide bonds. The van der Waals surface area contributed by atoms with Crippen molar-refractivity contribution in [2.75, 3.05) is 0 Å². The number of aliphatic hydroxyl groups is 1. The molecule has 1 heterocycles. The van der Waals surface area contributed by atoms with Crippen molar-refractivity contribution < 1.29 is 14.2 Å². The van der Waals surface area contributed by atoms with Crippen molar-refractivity contribution in [2.45, 2.75) is 18.6 Å². The first-order chi connectivity index (χ1) is 9.15. The Balaban J connectivity index is 1.99. The lowest BCUT2D eigenvalue weighted by molar-refractivity contribution is 0.0640. The molecule has 0 aromatic heterocycles. The highest BCUT2D eigenvalue weighted by Gasteiger charge is 2.29. The zero-order valence-corrected chi connectivity index (χ0v) is 11.6. The molecule has 1 aliphatic rings. The van der Waals surface area contributed by atoms with Crippen LogP contribution in [0.4, 0.5) is 4.39 Å². The predicted octanol–water partition coefficient (Wildman–Crippen LogP) is 4.15. The van der Waals surface area contributed by atoms with E-state index >= 15 is 0 Å². The summed E-state index contributed by atoms with van der Waals surface area (Å²) in [7, 11) is 0. The summed E-state index contributed by atoms with van der Waals surface area (Å²) < 4.78 is 20.5. The zero-order valence-electron chi connectivity index (χ0n) is 10.0. The number of para-hydroxylation sites is 1. The Labute approximate surface area is 119 Å². The van der Waals surface area contributed by atoms with E-state index in [2.05, 4.69) is 15.9 Å². The molecule has 0 aliphatic carbocycles. The van der Waals surface area contributed by atoms with Gasteiger partial charge in [-0.05, 0) is 24.3 Å². The molecule has 0 fully saturated rings. The molecule has 0 bridgehead atoms. The number of halogens is 2. The molecule has 0 spiro atoms. The molecule has 98 valence electrons. The van der Waals surface area contributed by atoms with Gasteiger partial charge < -0.3 is 9.84 Å². The van der Waals surface area contributed by atoms with E-state index in [4.69, 9.17) is 4.74 Å². The van der Waals surface area contributed by atoms with E-state index in [1.807, 2.05) is 18.2 Å². The van der Waals surface area contributed by atoms with E-state index in [1.54, 1.807) is 18.2 Å². The normalized spacial score (nSPS) is 21.6. The monoisotopic (exact) mass is 322 g/mol. The van der Waals surface area contributed by atoms with Gasteiger partial charge in [0.1, 0.15) is 17.7 Å². The van der Waals surface area contributed by atoms with Crippen molar-refractivity contribution in [1.29, 1.82) is 0 Å². The van der Waals surface area contributed by atoms with Gasteiger partial charge in [-0.2, -0.15) is 0 Å². The molecule has 3 rings (SSSR count). The highest BCUT2D eigenvalue weighted by atomic mass is 79.9. The number of fused-ring (bicyclic) bond motifs is 1. The number of benzene rings is 2. The van der Waals surface area contributed by atoms with Crippen molar-refractivity contribution in [3.63, 3.8) is 0 Å². The van der Waals surface area contributed by atoms with Crippen LogP contribution in [0.1, 0.15) is 29.8 Å². The summed E-state index contributed by atoms with van der Waals surface area (Å²) in [6.07, 6.45) is -0.750. The van der Waals surface area contributed by atoms with Crippen LogP contribution in [0.15, 0.2) is 46.9 Å². The fourth-order valence-corrected chi connectivity index (χ4v) is 2.72. The summed E-state index contributed by atoms with van der Waals surface area (Å²) in [4.78, 5) is 0. The van der Waals surface area contributed by atoms with Crippen LogP contribution in [0.2, 0.25) is 0 Å². The lowest BCUT2D eigenvalue weighted by Gasteiger charge is -2.30. The van der Waals surface area contributed by atoms with Crippen LogP contribution in [0.25, 0.3) is 0 Å². The Morgan fingerprint density at radius 2 is 1.95 bits per heavy atom. The van der Waals surface area contributed by atoms with Crippen molar-refractivity contribution in [3.8, 4) is 5.75 Å². The first-order valence-electron chi connectivity index (χ1n) is 6.04. The third kappa shape index (κ3) is 2.38. The molecule has 19 heavy (non-hydrogen) atoms. The van der Waals surface area contributed by atoms with E-state index in [9.17, 15) is 9.50 Å². The van der Waals surface area contributed by atoms with Crippen LogP contribution in [0.3, 0.4) is 0 Å². The van der Waals surface area contributed by atoms with E-state index in [0.717, 1.165) is 10.0 Å². The van der Waals surface area contributed by atoms with Gasteiger partial charge in [-0.1, -0.05) is 34.1 Å². The predicted molar refractivity (Wildman–Crippen MR) is 73.5 cm³/mol. The minimum Gasteiger partial charge on any atom is -0.485 e. The number of aliphatic hydroxyl groups excluding tert-OH is 1. The molecule has 2 nitrogen and oxygen atoms in total. The van der Waals surface area contributed by atoms with E-state index < -0.39 is 12.2 Å². The summed E-state index contributed by atoms with van der Waals surface area (Å²) in [5.41, 5.74) is 1.22. The number of ether oxygens (including phenoxy) is 1. The van der Waals surface area contributed by atoms with E-state index in [1.165, 1.54) is 6.07 Å². The molecule has 2 aromatic carbocycles. The maximum atomic E-state index is 13.9. The lowest BCUT2D eigenvalue weighted by atomic mass is 9.95. The SMILES string of the molecule is OC1CC(c2cc(Br)ccc2F)Oc2ccccc21. The molecule has 1 N–H and O–H groups in total. The van der Waals surface area contributed by atoms with Crippen molar-refractivity contribution >= 4 is 15.9 Å². The molecule has 0 radical (unpaired) electrons. The van der Waals surface area contributed by atoms with Crippen LogP contribution >= 0.6 is 15.9 Å². The van der Waals surface area contributed by atoms with Gasteiger partial charge in [-0.3, -0.25) is 0 Å². The fraction of sp³-hybridized carbons (Fsp3) is 0.200. The van der Waals surface area contributed by atoms with Gasteiger partial charge in [0.15, 0.2) is 0 Å². The second kappa shape index (κ2) is 4.94. The Morgan fingerprint density at radius 1 is 1.16 bits per heavy atom. The Morgan fingerprint density at radius 3 is 2.79 bits per heavy atom. The van der Waals surface area contributed by atoms with Gasteiger partial charge in [0.05, 0.1) is 6.10 Å². The molecular weight excluding hydrogens is 311 g/mol. The van der Waals surface area contributed by atoms with Crippen molar-refractivity contribution in [3.05, 3.63) is 63.9 Å². The average molecular weight is 323 g/mol. The third-order valence-corrected chi connectivity index (χ3v) is 3.78. The maximum absolute atomic E-state index is 13.9. The number of rotatable bonds is 1. The van der Waals surface area contributed by atoms with Gasteiger partial charge >= 0.3 is 0 Å². The molecular formula is C15H12BrFO2. The smallest absolute Gasteiger partial charge is 0.130 e. The molecule has 2 unspecified atom stereocenters. The number of hydrogen-bond acceptors (Lipinski definition) is 2. The summed E-state index contributed by atoms with van der Waals surface area (Å²) in [6.45, 7) is 0. The Kier molecular flexibility index (Phi) is 3.29. The largest absolute Gasteiger partial charge is 0.485 e. The summed E-state index contributed by atoms with van der Waals surface area (Å²) in [5.74, 6) is 0.297. The first kappa shape index (κ1) is 12.6. The van der Waals surface area contributed by atoms with Gasteiger partial charge in [-0.15, -0.1) is 0 Å². The topological polar surface area (TPSA) is 29.5 Å². The highest BCUT2D eigenvalue weighted by molar-refractivity contribution is 9.10. The van der Waals surface area contributed by atoms with E-state index in [-0.39, 0.29) is 5.82 Å². The summed E-state index contributed by atoms with van der Waals surface area (Å²) >= 11 is 3.33. The maximum Gasteiger partial charge on any atom is 0.130 e. The van der Waals surface area contributed by atoms with Crippen LogP contribution in [-0.2, 0) is 0 Å². The molecule has 0 saturated carbocycles. The van der Waals surface area contributed by atoms with E-state index in [0.29, 0.717) is 17.7 Å². The van der Waals surface area contributed by atoms with Gasteiger partial charge in [0.2, 0.25) is 0 Å². The quantitative estimate of drug-likeness (QED) is 0.854. The van der Waals surface area contributed by atoms with Gasteiger partial charge in [-0.25, -0.2) is 4.39 Å². The Bertz CT molecular complexity index is 615. The van der Waals surface area contributed by atoms with Gasteiger partial charge in [0.25, 0.3) is 0 Å². The first-order valence-corrected chi connectivity index (χ1v) is 6.83. The minimum atomic E-state index is -0.631. The van der Waals surface area contributed by atoms with Gasteiger partial charge in [0, 0.05) is 22.0 Å². The number of hydrogen-bond donors (Lipinski definition) is 1. The summed E-state index contributed by atoms with van der Waals surface area (Å²) in [5, 5.41) is 10.1. The summed E-state index contributed by atoms with van der Waals surface area (Å²) in [6, 6.07) is 12.0. The molecule has 2 atom stereocenters. The standard InChI is InChI=1S/C15H12BrFO2/c16-9-5-6-12(17)11(7-9)15-8-13(18)10-3-1-2-4-14(10)19-15/h1-7,13,15,18H,8H2. The molecule has 0 saturated heterocycles. The van der Waals surface area contributed by atoms with Crippen LogP contribution in [0, 0.1) is 5.82 Å². The third-order valence-electron chi connectivity index (χ3n) is 3.29. The molecule has 2 aromatic rings. The average Bonchev–Trinajstić information content (AvgIpc) is 2.41. The highest BCUT2D eigenvalue weighted by Crippen LogP contribution is 2.41. The molecule has 1 aliphatic heterocycles. The second-order valence-corrected chi connectivity index (χ2v) is 5.48. The zero-order chi connectivity index (χ0) is 13.4. The minimum absolute atomic E-state index is 0.320.